The second-order valence-electron chi connectivity index (χ2n) is 4.99. The van der Waals surface area contributed by atoms with Gasteiger partial charge in [0.25, 0.3) is 0 Å². The summed E-state index contributed by atoms with van der Waals surface area (Å²) >= 11 is 2.77. The van der Waals surface area contributed by atoms with Crippen LogP contribution in [0, 0.1) is 5.92 Å². The molecule has 1 saturated carbocycles. The van der Waals surface area contributed by atoms with Crippen molar-refractivity contribution in [1.29, 1.82) is 0 Å². The smallest absolute Gasteiger partial charge is 0.326 e. The number of benzene rings is 1. The van der Waals surface area contributed by atoms with E-state index in [1.54, 1.807) is 0 Å². The maximum absolute atomic E-state index is 12.8. The zero-order chi connectivity index (χ0) is 15.8. The van der Waals surface area contributed by atoms with Crippen molar-refractivity contribution in [3.8, 4) is 0 Å². The molecule has 10 heteroatoms. The maximum Gasteiger partial charge on any atom is 0.417 e. The van der Waals surface area contributed by atoms with Crippen molar-refractivity contribution in [2.45, 2.75) is 30.0 Å². The van der Waals surface area contributed by atoms with Gasteiger partial charge in [0.1, 0.15) is 0 Å². The van der Waals surface area contributed by atoms with E-state index >= 15 is 0 Å². The number of sulfonamides is 1. The van der Waals surface area contributed by atoms with Gasteiger partial charge in [-0.3, -0.25) is 0 Å². The van der Waals surface area contributed by atoms with Crippen molar-refractivity contribution >= 4 is 38.4 Å². The maximum atomic E-state index is 12.8. The number of nitrogens with two attached hydrogens (primary N) is 1. The van der Waals surface area contributed by atoms with E-state index in [2.05, 4.69) is 20.7 Å². The minimum absolute atomic E-state index is 0. The van der Waals surface area contributed by atoms with Crippen LogP contribution in [0.2, 0.25) is 0 Å². The molecular weight excluding hydrogens is 409 g/mol. The van der Waals surface area contributed by atoms with Crippen LogP contribution in [-0.2, 0) is 16.2 Å². The van der Waals surface area contributed by atoms with Crippen LogP contribution in [-0.4, -0.2) is 21.0 Å². The number of halogens is 5. The highest BCUT2D eigenvalue weighted by molar-refractivity contribution is 9.10. The number of nitrogens with one attached hydrogen (secondary N) is 1. The van der Waals surface area contributed by atoms with Crippen LogP contribution in [0.25, 0.3) is 0 Å². The van der Waals surface area contributed by atoms with Crippen LogP contribution >= 0.6 is 28.3 Å². The lowest BCUT2D eigenvalue weighted by Crippen LogP contribution is -2.38. The monoisotopic (exact) mass is 422 g/mol. The highest BCUT2D eigenvalue weighted by Crippen LogP contribution is 2.36. The molecule has 0 aliphatic heterocycles. The summed E-state index contributed by atoms with van der Waals surface area (Å²) in [7, 11) is -4.01. The van der Waals surface area contributed by atoms with E-state index in [1.807, 2.05) is 0 Å². The Bertz CT molecular complexity index is 636. The van der Waals surface area contributed by atoms with Gasteiger partial charge in [0.2, 0.25) is 10.0 Å². The summed E-state index contributed by atoms with van der Waals surface area (Å²) in [5.74, 6) is 0.295. The van der Waals surface area contributed by atoms with Gasteiger partial charge in [0, 0.05) is 17.1 Å². The molecule has 1 aromatic carbocycles. The molecule has 4 nitrogen and oxygen atoms in total. The fourth-order valence-corrected chi connectivity index (χ4v) is 3.44. The minimum atomic E-state index is -4.63. The molecule has 0 aromatic heterocycles. The standard InChI is InChI=1S/C12H14BrF3N2O2S.ClH/c13-10-4-3-8(5-9(10)12(14,15)16)21(19,20)18-6-11(17)7-1-2-7;/h3-5,7,11,18H,1-2,6,17H2;1H. The molecule has 0 radical (unpaired) electrons. The van der Waals surface area contributed by atoms with Crippen molar-refractivity contribution in [2.75, 3.05) is 6.54 Å². The SMILES string of the molecule is Cl.NC(CNS(=O)(=O)c1ccc(Br)c(C(F)(F)F)c1)C1CC1. The van der Waals surface area contributed by atoms with Crippen molar-refractivity contribution in [1.82, 2.24) is 4.72 Å². The Morgan fingerprint density at radius 1 is 1.36 bits per heavy atom. The second-order valence-corrected chi connectivity index (χ2v) is 7.61. The summed E-state index contributed by atoms with van der Waals surface area (Å²) in [5.41, 5.74) is 4.74. The molecule has 0 bridgehead atoms. The van der Waals surface area contributed by atoms with E-state index in [0.29, 0.717) is 12.0 Å². The van der Waals surface area contributed by atoms with Gasteiger partial charge in [-0.15, -0.1) is 12.4 Å². The molecule has 1 atom stereocenters. The number of hydrogen-bond acceptors (Lipinski definition) is 3. The normalized spacial score (nSPS) is 17.0. The molecule has 3 N–H and O–H groups in total. The van der Waals surface area contributed by atoms with E-state index in [4.69, 9.17) is 5.73 Å². The summed E-state index contributed by atoms with van der Waals surface area (Å²) in [5, 5.41) is 0. The summed E-state index contributed by atoms with van der Waals surface area (Å²) in [6, 6.07) is 2.48. The molecule has 1 fully saturated rings. The summed E-state index contributed by atoms with van der Waals surface area (Å²) in [6.07, 6.45) is -2.71. The Kier molecular flexibility index (Phi) is 6.30. The van der Waals surface area contributed by atoms with Gasteiger partial charge in [-0.1, -0.05) is 15.9 Å². The van der Waals surface area contributed by atoms with E-state index < -0.39 is 26.7 Å². The Hall–Kier alpha value is -0.350. The largest absolute Gasteiger partial charge is 0.417 e. The van der Waals surface area contributed by atoms with Gasteiger partial charge in [0.05, 0.1) is 10.5 Å². The first kappa shape index (κ1) is 19.7. The zero-order valence-electron chi connectivity index (χ0n) is 11.2. The number of hydrogen-bond donors (Lipinski definition) is 2. The average molecular weight is 424 g/mol. The van der Waals surface area contributed by atoms with E-state index in [0.717, 1.165) is 25.0 Å². The van der Waals surface area contributed by atoms with E-state index in [-0.39, 0.29) is 29.5 Å². The fraction of sp³-hybridized carbons (Fsp3) is 0.500. The predicted octanol–water partition coefficient (Wildman–Crippen LogP) is 2.91. The Morgan fingerprint density at radius 3 is 2.45 bits per heavy atom. The van der Waals surface area contributed by atoms with Crippen LogP contribution in [0.3, 0.4) is 0 Å². The number of alkyl halides is 3. The summed E-state index contributed by atoms with van der Waals surface area (Å²) in [4.78, 5) is -0.430. The molecule has 0 amide bonds. The third-order valence-corrected chi connectivity index (χ3v) is 5.40. The molecule has 1 aromatic rings. The molecule has 1 unspecified atom stereocenters. The molecule has 0 spiro atoms. The third-order valence-electron chi connectivity index (χ3n) is 3.29. The van der Waals surface area contributed by atoms with E-state index in [9.17, 15) is 21.6 Å². The van der Waals surface area contributed by atoms with Crippen LogP contribution in [0.5, 0.6) is 0 Å². The molecule has 1 aliphatic carbocycles. The average Bonchev–Trinajstić information content (AvgIpc) is 3.19. The van der Waals surface area contributed by atoms with Crippen molar-refractivity contribution in [3.05, 3.63) is 28.2 Å². The Balaban J connectivity index is 0.00000242. The molecule has 22 heavy (non-hydrogen) atoms. The van der Waals surface area contributed by atoms with Gasteiger partial charge in [0.15, 0.2) is 0 Å². The first-order valence-electron chi connectivity index (χ1n) is 6.23. The first-order chi connectivity index (χ1) is 9.61. The Morgan fingerprint density at radius 2 is 1.95 bits per heavy atom. The molecular formula is C12H15BrClF3N2O2S. The first-order valence-corrected chi connectivity index (χ1v) is 8.51. The van der Waals surface area contributed by atoms with Gasteiger partial charge < -0.3 is 5.73 Å². The quantitative estimate of drug-likeness (QED) is 0.765. The number of rotatable bonds is 5. The van der Waals surface area contributed by atoms with Gasteiger partial charge in [-0.2, -0.15) is 13.2 Å². The second kappa shape index (κ2) is 7.04. The molecule has 126 valence electrons. The predicted molar refractivity (Wildman–Crippen MR) is 82.3 cm³/mol. The highest BCUT2D eigenvalue weighted by atomic mass is 79.9. The minimum Gasteiger partial charge on any atom is -0.326 e. The fourth-order valence-electron chi connectivity index (χ4n) is 1.87. The highest BCUT2D eigenvalue weighted by Gasteiger charge is 2.34. The van der Waals surface area contributed by atoms with Crippen molar-refractivity contribution in [3.63, 3.8) is 0 Å². The zero-order valence-corrected chi connectivity index (χ0v) is 14.4. The van der Waals surface area contributed by atoms with E-state index in [1.165, 1.54) is 0 Å². The molecule has 0 saturated heterocycles. The van der Waals surface area contributed by atoms with Gasteiger partial charge >= 0.3 is 6.18 Å². The van der Waals surface area contributed by atoms with Gasteiger partial charge in [-0.25, -0.2) is 13.1 Å². The summed E-state index contributed by atoms with van der Waals surface area (Å²) < 4.78 is 64.4. The third kappa shape index (κ3) is 4.82. The van der Waals surface area contributed by atoms with Crippen molar-refractivity contribution in [2.24, 2.45) is 11.7 Å². The van der Waals surface area contributed by atoms with Gasteiger partial charge in [-0.05, 0) is 37.0 Å². The van der Waals surface area contributed by atoms with Crippen LogP contribution in [0.1, 0.15) is 18.4 Å². The lowest BCUT2D eigenvalue weighted by atomic mass is 10.2. The molecule has 2 rings (SSSR count). The molecule has 0 heterocycles. The lowest BCUT2D eigenvalue weighted by molar-refractivity contribution is -0.138. The topological polar surface area (TPSA) is 72.2 Å². The Labute approximate surface area is 141 Å². The van der Waals surface area contributed by atoms with Crippen LogP contribution in [0.4, 0.5) is 13.2 Å². The lowest BCUT2D eigenvalue weighted by Gasteiger charge is -2.14. The van der Waals surface area contributed by atoms with Crippen molar-refractivity contribution < 1.29 is 21.6 Å². The summed E-state index contributed by atoms with van der Waals surface area (Å²) in [6.45, 7) is 0.0183. The van der Waals surface area contributed by atoms with Crippen LogP contribution in [0.15, 0.2) is 27.6 Å². The van der Waals surface area contributed by atoms with Crippen LogP contribution < -0.4 is 10.5 Å². The molecule has 1 aliphatic rings.